The highest BCUT2D eigenvalue weighted by atomic mass is 15.2. The Morgan fingerprint density at radius 1 is 1.11 bits per heavy atom. The monoisotopic (exact) mass is 249 g/mol. The van der Waals surface area contributed by atoms with E-state index in [9.17, 15) is 0 Å². The first-order valence-corrected chi connectivity index (χ1v) is 7.80. The van der Waals surface area contributed by atoms with Crippen molar-refractivity contribution in [3.05, 3.63) is 0 Å². The van der Waals surface area contributed by atoms with Gasteiger partial charge >= 0.3 is 0 Å². The molecule has 3 aliphatic rings. The Balaban J connectivity index is 1.48. The van der Waals surface area contributed by atoms with Gasteiger partial charge in [0.15, 0.2) is 5.96 Å². The molecular weight excluding hydrogens is 222 g/mol. The molecule has 0 bridgehead atoms. The van der Waals surface area contributed by atoms with Gasteiger partial charge in [-0.1, -0.05) is 19.3 Å². The Kier molecular flexibility index (Phi) is 3.49. The van der Waals surface area contributed by atoms with E-state index < -0.39 is 0 Å². The summed E-state index contributed by atoms with van der Waals surface area (Å²) < 4.78 is 0. The van der Waals surface area contributed by atoms with Crippen molar-refractivity contribution in [1.29, 1.82) is 0 Å². The van der Waals surface area contributed by atoms with Crippen LogP contribution in [0.5, 0.6) is 0 Å². The van der Waals surface area contributed by atoms with E-state index in [-0.39, 0.29) is 0 Å². The second kappa shape index (κ2) is 5.10. The number of nitrogens with zero attached hydrogens (tertiary/aromatic N) is 1. The summed E-state index contributed by atoms with van der Waals surface area (Å²) in [5.41, 5.74) is 0.632. The fourth-order valence-electron chi connectivity index (χ4n) is 3.77. The molecule has 0 aromatic heterocycles. The lowest BCUT2D eigenvalue weighted by molar-refractivity contribution is 0.105. The number of rotatable bonds is 4. The van der Waals surface area contributed by atoms with Crippen molar-refractivity contribution in [3.8, 4) is 0 Å². The summed E-state index contributed by atoms with van der Waals surface area (Å²) in [6.45, 7) is 1.14. The van der Waals surface area contributed by atoms with E-state index >= 15 is 0 Å². The zero-order chi connectivity index (χ0) is 12.4. The maximum atomic E-state index is 4.39. The first-order valence-electron chi connectivity index (χ1n) is 7.80. The van der Waals surface area contributed by atoms with Gasteiger partial charge in [-0.3, -0.25) is 4.99 Å². The number of hydrogen-bond acceptors (Lipinski definition) is 1. The molecule has 3 saturated carbocycles. The molecular formula is C15H27N3. The Bertz CT molecular complexity index is 310. The molecule has 18 heavy (non-hydrogen) atoms. The maximum absolute atomic E-state index is 4.39. The maximum Gasteiger partial charge on any atom is 0.191 e. The zero-order valence-corrected chi connectivity index (χ0v) is 11.7. The Hall–Kier alpha value is -0.730. The van der Waals surface area contributed by atoms with Gasteiger partial charge in [-0.05, 0) is 49.9 Å². The van der Waals surface area contributed by atoms with Gasteiger partial charge in [-0.15, -0.1) is 0 Å². The first kappa shape index (κ1) is 12.3. The van der Waals surface area contributed by atoms with Crippen molar-refractivity contribution in [2.75, 3.05) is 13.6 Å². The molecule has 0 radical (unpaired) electrons. The summed E-state index contributed by atoms with van der Waals surface area (Å²) in [6.07, 6.45) is 12.6. The van der Waals surface area contributed by atoms with E-state index in [2.05, 4.69) is 15.6 Å². The van der Waals surface area contributed by atoms with Gasteiger partial charge in [-0.2, -0.15) is 0 Å². The van der Waals surface area contributed by atoms with E-state index in [1.807, 2.05) is 7.05 Å². The van der Waals surface area contributed by atoms with Crippen LogP contribution in [-0.4, -0.2) is 25.6 Å². The minimum Gasteiger partial charge on any atom is -0.356 e. The third kappa shape index (κ3) is 2.50. The molecule has 0 unspecified atom stereocenters. The van der Waals surface area contributed by atoms with E-state index in [4.69, 9.17) is 0 Å². The van der Waals surface area contributed by atoms with E-state index in [0.717, 1.165) is 18.4 Å². The minimum atomic E-state index is 0.632. The number of aliphatic imine (C=N–C) groups is 1. The van der Waals surface area contributed by atoms with Crippen molar-refractivity contribution in [3.63, 3.8) is 0 Å². The van der Waals surface area contributed by atoms with Crippen LogP contribution in [0.4, 0.5) is 0 Å². The molecule has 3 nitrogen and oxygen atoms in total. The standard InChI is InChI=1S/C15H27N3/c1-16-14(18-13-5-2-3-6-13)17-11-15(9-4-10-15)12-7-8-12/h12-13H,2-11H2,1H3,(H2,16,17,18). The average Bonchev–Trinajstić information content (AvgIpc) is 3.04. The second-order valence-corrected chi connectivity index (χ2v) is 6.54. The van der Waals surface area contributed by atoms with E-state index in [1.54, 1.807) is 0 Å². The van der Waals surface area contributed by atoms with Gasteiger partial charge in [0.1, 0.15) is 0 Å². The molecule has 0 saturated heterocycles. The second-order valence-electron chi connectivity index (χ2n) is 6.54. The predicted molar refractivity (Wildman–Crippen MR) is 75.8 cm³/mol. The Labute approximate surface area is 111 Å². The molecule has 0 spiro atoms. The van der Waals surface area contributed by atoms with Crippen LogP contribution in [0.2, 0.25) is 0 Å². The molecule has 0 amide bonds. The van der Waals surface area contributed by atoms with Gasteiger partial charge < -0.3 is 10.6 Å². The van der Waals surface area contributed by atoms with Crippen molar-refractivity contribution < 1.29 is 0 Å². The van der Waals surface area contributed by atoms with Gasteiger partial charge in [0.25, 0.3) is 0 Å². The van der Waals surface area contributed by atoms with Gasteiger partial charge in [0, 0.05) is 19.6 Å². The van der Waals surface area contributed by atoms with Crippen molar-refractivity contribution >= 4 is 5.96 Å². The van der Waals surface area contributed by atoms with Crippen LogP contribution in [0.3, 0.4) is 0 Å². The smallest absolute Gasteiger partial charge is 0.191 e. The van der Waals surface area contributed by atoms with Gasteiger partial charge in [0.05, 0.1) is 0 Å². The topological polar surface area (TPSA) is 36.4 Å². The highest BCUT2D eigenvalue weighted by molar-refractivity contribution is 5.80. The largest absolute Gasteiger partial charge is 0.356 e. The summed E-state index contributed by atoms with van der Waals surface area (Å²) in [5.74, 6) is 2.05. The SMILES string of the molecule is CN=C(NCC1(C2CC2)CCC1)NC1CCCC1. The summed E-state index contributed by atoms with van der Waals surface area (Å²) >= 11 is 0. The number of guanidine groups is 1. The average molecular weight is 249 g/mol. The quantitative estimate of drug-likeness (QED) is 0.593. The predicted octanol–water partition coefficient (Wildman–Crippen LogP) is 2.67. The molecule has 0 aromatic rings. The normalized spacial score (nSPS) is 27.9. The number of nitrogens with one attached hydrogen (secondary N) is 2. The fourth-order valence-corrected chi connectivity index (χ4v) is 3.77. The fraction of sp³-hybridized carbons (Fsp3) is 0.933. The summed E-state index contributed by atoms with van der Waals surface area (Å²) in [4.78, 5) is 4.39. The van der Waals surface area contributed by atoms with Crippen LogP contribution in [0.1, 0.15) is 57.8 Å². The van der Waals surface area contributed by atoms with Crippen molar-refractivity contribution in [1.82, 2.24) is 10.6 Å². The Morgan fingerprint density at radius 2 is 1.83 bits per heavy atom. The van der Waals surface area contributed by atoms with Crippen molar-refractivity contribution in [2.45, 2.75) is 63.8 Å². The minimum absolute atomic E-state index is 0.632. The highest BCUT2D eigenvalue weighted by Gasteiger charge is 2.48. The van der Waals surface area contributed by atoms with Crippen molar-refractivity contribution in [2.24, 2.45) is 16.3 Å². The van der Waals surface area contributed by atoms with Crippen LogP contribution < -0.4 is 10.6 Å². The third-order valence-electron chi connectivity index (χ3n) is 5.32. The highest BCUT2D eigenvalue weighted by Crippen LogP contribution is 2.56. The van der Waals surface area contributed by atoms with E-state index in [1.165, 1.54) is 57.8 Å². The lowest BCUT2D eigenvalue weighted by Crippen LogP contribution is -2.49. The summed E-state index contributed by atoms with van der Waals surface area (Å²) in [6, 6.07) is 0.662. The molecule has 3 heteroatoms. The first-order chi connectivity index (χ1) is 8.82. The molecule has 0 heterocycles. The lowest BCUT2D eigenvalue weighted by Gasteiger charge is -2.43. The summed E-state index contributed by atoms with van der Waals surface area (Å²) in [7, 11) is 1.90. The molecule has 0 aromatic carbocycles. The van der Waals surface area contributed by atoms with Gasteiger partial charge in [-0.25, -0.2) is 0 Å². The van der Waals surface area contributed by atoms with Gasteiger partial charge in [0.2, 0.25) is 0 Å². The molecule has 3 rings (SSSR count). The van der Waals surface area contributed by atoms with Crippen LogP contribution in [0.25, 0.3) is 0 Å². The van der Waals surface area contributed by atoms with Crippen LogP contribution in [-0.2, 0) is 0 Å². The van der Waals surface area contributed by atoms with Crippen LogP contribution >= 0.6 is 0 Å². The Morgan fingerprint density at radius 3 is 2.33 bits per heavy atom. The van der Waals surface area contributed by atoms with E-state index in [0.29, 0.717) is 11.5 Å². The third-order valence-corrected chi connectivity index (χ3v) is 5.32. The molecule has 2 N–H and O–H groups in total. The molecule has 3 fully saturated rings. The molecule has 0 aliphatic heterocycles. The zero-order valence-electron chi connectivity index (χ0n) is 11.7. The lowest BCUT2D eigenvalue weighted by atomic mass is 9.65. The molecule has 0 atom stereocenters. The van der Waals surface area contributed by atoms with Crippen LogP contribution in [0.15, 0.2) is 4.99 Å². The summed E-state index contributed by atoms with van der Waals surface area (Å²) in [5, 5.41) is 7.18. The molecule has 102 valence electrons. The van der Waals surface area contributed by atoms with Crippen LogP contribution in [0, 0.1) is 11.3 Å². The number of hydrogen-bond donors (Lipinski definition) is 2. The molecule has 3 aliphatic carbocycles.